The summed E-state index contributed by atoms with van der Waals surface area (Å²) in [7, 11) is 1.61. The van der Waals surface area contributed by atoms with Crippen LogP contribution in [0.25, 0.3) is 0 Å². The Balaban J connectivity index is 2.15. The van der Waals surface area contributed by atoms with E-state index in [2.05, 4.69) is 39.6 Å². The van der Waals surface area contributed by atoms with E-state index in [-0.39, 0.29) is 0 Å². The molecule has 0 saturated heterocycles. The predicted octanol–water partition coefficient (Wildman–Crippen LogP) is 5.48. The number of rotatable bonds is 4. The number of aryl methyl sites for hydroxylation is 1. The van der Waals surface area contributed by atoms with Gasteiger partial charge in [0.05, 0.1) is 12.8 Å². The third-order valence-corrected chi connectivity index (χ3v) is 4.04. The first-order valence-corrected chi connectivity index (χ1v) is 8.31. The largest absolute Gasteiger partial charge is 0.495 e. The van der Waals surface area contributed by atoms with E-state index in [0.717, 1.165) is 22.3 Å². The maximum atomic E-state index is 6.02. The molecule has 6 heteroatoms. The van der Waals surface area contributed by atoms with Crippen LogP contribution in [0.5, 0.6) is 5.75 Å². The number of hydrogen-bond donors (Lipinski definition) is 2. The van der Waals surface area contributed by atoms with Gasteiger partial charge in [0.25, 0.3) is 0 Å². The van der Waals surface area contributed by atoms with Crippen molar-refractivity contribution in [2.24, 2.45) is 0 Å². The van der Waals surface area contributed by atoms with Gasteiger partial charge in [-0.1, -0.05) is 34.5 Å². The predicted molar refractivity (Wildman–Crippen MR) is 101 cm³/mol. The van der Waals surface area contributed by atoms with Crippen molar-refractivity contribution in [3.63, 3.8) is 0 Å². The average Bonchev–Trinajstić information content (AvgIpc) is 2.49. The molecule has 0 aromatic heterocycles. The fourth-order valence-corrected chi connectivity index (χ4v) is 2.83. The highest BCUT2D eigenvalue weighted by Gasteiger charge is 2.08. The summed E-state index contributed by atoms with van der Waals surface area (Å²) in [6.45, 7) is 2.10. The topological polar surface area (TPSA) is 33.3 Å². The lowest BCUT2D eigenvalue weighted by Crippen LogP contribution is -2.20. The lowest BCUT2D eigenvalue weighted by molar-refractivity contribution is 0.417. The van der Waals surface area contributed by atoms with Crippen LogP contribution in [0.4, 0.5) is 11.4 Å². The second kappa shape index (κ2) is 7.81. The molecule has 0 unspecified atom stereocenters. The van der Waals surface area contributed by atoms with E-state index in [0.29, 0.717) is 15.9 Å². The molecule has 22 heavy (non-hydrogen) atoms. The second-order valence-corrected chi connectivity index (χ2v) is 6.34. The van der Waals surface area contributed by atoms with Gasteiger partial charge in [0.15, 0.2) is 5.11 Å². The minimum Gasteiger partial charge on any atom is -0.495 e. The summed E-state index contributed by atoms with van der Waals surface area (Å²) in [5.41, 5.74) is 2.88. The molecule has 2 aromatic carbocycles. The van der Waals surface area contributed by atoms with Crippen molar-refractivity contribution in [3.05, 3.63) is 51.5 Å². The Morgan fingerprint density at radius 3 is 2.59 bits per heavy atom. The monoisotopic (exact) mass is 398 g/mol. The van der Waals surface area contributed by atoms with Crippen LogP contribution in [0.3, 0.4) is 0 Å². The highest BCUT2D eigenvalue weighted by molar-refractivity contribution is 9.10. The Morgan fingerprint density at radius 1 is 1.18 bits per heavy atom. The fraction of sp³-hybridized carbons (Fsp3) is 0.188. The summed E-state index contributed by atoms with van der Waals surface area (Å²) in [5.74, 6) is 0.681. The van der Waals surface area contributed by atoms with E-state index >= 15 is 0 Å². The molecule has 0 atom stereocenters. The average molecular weight is 400 g/mol. The summed E-state index contributed by atoms with van der Waals surface area (Å²) in [5, 5.41) is 7.42. The zero-order valence-electron chi connectivity index (χ0n) is 12.2. The third-order valence-electron chi connectivity index (χ3n) is 3.11. The van der Waals surface area contributed by atoms with Crippen LogP contribution in [0.1, 0.15) is 12.5 Å². The molecule has 0 amide bonds. The number of ether oxygens (including phenoxy) is 1. The first kappa shape index (κ1) is 17.1. The van der Waals surface area contributed by atoms with Gasteiger partial charge in [-0.3, -0.25) is 0 Å². The normalized spacial score (nSPS) is 10.2. The van der Waals surface area contributed by atoms with Crippen LogP contribution < -0.4 is 15.4 Å². The highest BCUT2D eigenvalue weighted by atomic mass is 79.9. The van der Waals surface area contributed by atoms with Crippen LogP contribution in [0.15, 0.2) is 40.9 Å². The van der Waals surface area contributed by atoms with E-state index in [1.807, 2.05) is 12.1 Å². The van der Waals surface area contributed by atoms with E-state index < -0.39 is 0 Å². The first-order chi connectivity index (χ1) is 10.5. The minimum atomic E-state index is 0.484. The summed E-state index contributed by atoms with van der Waals surface area (Å²) in [6, 6.07) is 11.4. The van der Waals surface area contributed by atoms with Crippen LogP contribution in [0.2, 0.25) is 5.02 Å². The molecule has 3 nitrogen and oxygen atoms in total. The van der Waals surface area contributed by atoms with Crippen molar-refractivity contribution >= 4 is 56.2 Å². The van der Waals surface area contributed by atoms with E-state index in [9.17, 15) is 0 Å². The Bertz CT molecular complexity index is 694. The molecule has 0 radical (unpaired) electrons. The van der Waals surface area contributed by atoms with Crippen molar-refractivity contribution in [1.82, 2.24) is 0 Å². The van der Waals surface area contributed by atoms with Gasteiger partial charge in [0.1, 0.15) is 5.75 Å². The van der Waals surface area contributed by atoms with E-state index in [1.165, 1.54) is 5.56 Å². The number of methoxy groups -OCH3 is 1. The lowest BCUT2D eigenvalue weighted by Gasteiger charge is -2.15. The van der Waals surface area contributed by atoms with Crippen molar-refractivity contribution in [1.29, 1.82) is 0 Å². The number of halogens is 2. The zero-order valence-corrected chi connectivity index (χ0v) is 15.4. The molecule has 0 aliphatic heterocycles. The molecule has 0 heterocycles. The maximum Gasteiger partial charge on any atom is 0.175 e. The van der Waals surface area contributed by atoms with Crippen LogP contribution >= 0.6 is 39.7 Å². The SMILES string of the molecule is CCc1cc(Br)ccc1NC(=S)Nc1cc(Cl)ccc1OC. The van der Waals surface area contributed by atoms with Crippen molar-refractivity contribution in [2.45, 2.75) is 13.3 Å². The number of nitrogens with one attached hydrogen (secondary N) is 2. The molecular formula is C16H16BrClN2OS. The van der Waals surface area contributed by atoms with Crippen LogP contribution in [0, 0.1) is 0 Å². The Morgan fingerprint density at radius 2 is 1.91 bits per heavy atom. The molecule has 2 aromatic rings. The molecule has 0 spiro atoms. The maximum absolute atomic E-state index is 6.02. The zero-order chi connectivity index (χ0) is 16.1. The molecule has 2 N–H and O–H groups in total. The molecule has 0 bridgehead atoms. The first-order valence-electron chi connectivity index (χ1n) is 6.73. The van der Waals surface area contributed by atoms with Gasteiger partial charge < -0.3 is 15.4 Å². The summed E-state index contributed by atoms with van der Waals surface area (Å²) >= 11 is 14.9. The van der Waals surface area contributed by atoms with Gasteiger partial charge in [-0.15, -0.1) is 0 Å². The Labute approximate surface area is 149 Å². The van der Waals surface area contributed by atoms with Crippen LogP contribution in [-0.4, -0.2) is 12.2 Å². The minimum absolute atomic E-state index is 0.484. The molecule has 0 fully saturated rings. The standard InChI is InChI=1S/C16H16BrClN2OS/c1-3-10-8-11(17)4-6-13(10)19-16(22)20-14-9-12(18)5-7-15(14)21-2/h4-9H,3H2,1-2H3,(H2,19,20,22). The molecule has 2 rings (SSSR count). The van der Waals surface area contributed by atoms with Crippen molar-refractivity contribution < 1.29 is 4.74 Å². The van der Waals surface area contributed by atoms with Gasteiger partial charge in [-0.05, 0) is 60.6 Å². The fourth-order valence-electron chi connectivity index (χ4n) is 2.03. The number of anilines is 2. The summed E-state index contributed by atoms with van der Waals surface area (Å²) < 4.78 is 6.34. The Kier molecular flexibility index (Phi) is 6.06. The Hall–Kier alpha value is -1.30. The van der Waals surface area contributed by atoms with Crippen molar-refractivity contribution in [2.75, 3.05) is 17.7 Å². The van der Waals surface area contributed by atoms with E-state index in [4.69, 9.17) is 28.6 Å². The van der Waals surface area contributed by atoms with Gasteiger partial charge in [-0.2, -0.15) is 0 Å². The third kappa shape index (κ3) is 4.35. The smallest absolute Gasteiger partial charge is 0.175 e. The van der Waals surface area contributed by atoms with E-state index in [1.54, 1.807) is 25.3 Å². The number of benzene rings is 2. The highest BCUT2D eigenvalue weighted by Crippen LogP contribution is 2.28. The molecule has 116 valence electrons. The van der Waals surface area contributed by atoms with Crippen molar-refractivity contribution in [3.8, 4) is 5.75 Å². The number of hydrogen-bond acceptors (Lipinski definition) is 2. The number of thiocarbonyl (C=S) groups is 1. The quantitative estimate of drug-likeness (QED) is 0.667. The molecular weight excluding hydrogens is 384 g/mol. The van der Waals surface area contributed by atoms with Gasteiger partial charge in [0.2, 0.25) is 0 Å². The summed E-state index contributed by atoms with van der Waals surface area (Å²) in [4.78, 5) is 0. The molecule has 0 saturated carbocycles. The molecule has 0 aliphatic rings. The summed E-state index contributed by atoms with van der Waals surface area (Å²) in [6.07, 6.45) is 0.908. The molecule has 0 aliphatic carbocycles. The second-order valence-electron chi connectivity index (χ2n) is 4.58. The van der Waals surface area contributed by atoms with Gasteiger partial charge in [0, 0.05) is 15.2 Å². The van der Waals surface area contributed by atoms with Crippen LogP contribution in [-0.2, 0) is 6.42 Å². The van der Waals surface area contributed by atoms with Gasteiger partial charge in [-0.25, -0.2) is 0 Å². The lowest BCUT2D eigenvalue weighted by atomic mass is 10.1. The van der Waals surface area contributed by atoms with Gasteiger partial charge >= 0.3 is 0 Å².